The van der Waals surface area contributed by atoms with Crippen LogP contribution in [0, 0.1) is 11.8 Å². The molecule has 0 aliphatic heterocycles. The maximum atomic E-state index is 12.0. The topological polar surface area (TPSA) is 116 Å². The van der Waals surface area contributed by atoms with Gasteiger partial charge >= 0.3 is 11.9 Å². The molecule has 0 aromatic rings. The molecule has 19 heavy (non-hydrogen) atoms. The fourth-order valence-electron chi connectivity index (χ4n) is 2.30. The molecule has 5 N–H and O–H groups in total. The summed E-state index contributed by atoms with van der Waals surface area (Å²) in [6.45, 7) is 3.84. The van der Waals surface area contributed by atoms with Gasteiger partial charge in [-0.2, -0.15) is 0 Å². The molecule has 0 heterocycles. The van der Waals surface area contributed by atoms with Crippen molar-refractivity contribution in [2.24, 2.45) is 23.3 Å². The molecule has 0 aromatic carbocycles. The van der Waals surface area contributed by atoms with Crippen LogP contribution in [0.15, 0.2) is 0 Å². The number of carboxylic acid groups (broad SMARTS) is 1. The molecule has 1 rings (SSSR count). The zero-order chi connectivity index (χ0) is 14.6. The van der Waals surface area contributed by atoms with Crippen molar-refractivity contribution in [1.82, 2.24) is 0 Å². The molecule has 0 aromatic heterocycles. The van der Waals surface area contributed by atoms with E-state index in [-0.39, 0.29) is 6.10 Å². The molecule has 0 bridgehead atoms. The summed E-state index contributed by atoms with van der Waals surface area (Å²) in [7, 11) is 0. The van der Waals surface area contributed by atoms with Crippen molar-refractivity contribution in [2.45, 2.75) is 51.2 Å². The number of carbonyl (C=O) groups excluding carboxylic acids is 1. The predicted octanol–water partition coefficient (Wildman–Crippen LogP) is 0.485. The summed E-state index contributed by atoms with van der Waals surface area (Å²) in [5.74, 6) is -2.24. The smallest absolute Gasteiger partial charge is 0.338 e. The number of hydrogen-bond donors (Lipinski definition) is 3. The molecule has 1 saturated carbocycles. The molecule has 1 atom stereocenters. The number of carboxylic acids is 1. The molecule has 110 valence electrons. The Labute approximate surface area is 113 Å². The normalized spacial score (nSPS) is 26.8. The van der Waals surface area contributed by atoms with Gasteiger partial charge in [0, 0.05) is 0 Å². The van der Waals surface area contributed by atoms with Gasteiger partial charge in [-0.1, -0.05) is 13.8 Å². The Kier molecular flexibility index (Phi) is 5.31. The molecule has 0 radical (unpaired) electrons. The Morgan fingerprint density at radius 1 is 1.32 bits per heavy atom. The average molecular weight is 272 g/mol. The maximum Gasteiger partial charge on any atom is 0.338 e. The summed E-state index contributed by atoms with van der Waals surface area (Å²) >= 11 is 0. The van der Waals surface area contributed by atoms with Crippen LogP contribution < -0.4 is 11.5 Å². The third-order valence-electron chi connectivity index (χ3n) is 4.00. The summed E-state index contributed by atoms with van der Waals surface area (Å²) in [6, 6.07) is 0. The van der Waals surface area contributed by atoms with Crippen LogP contribution in [0.1, 0.15) is 39.5 Å². The van der Waals surface area contributed by atoms with Crippen LogP contribution in [0.4, 0.5) is 0 Å². The fourth-order valence-corrected chi connectivity index (χ4v) is 2.30. The first-order valence-electron chi connectivity index (χ1n) is 6.75. The summed E-state index contributed by atoms with van der Waals surface area (Å²) in [5.41, 5.74) is 9.33. The number of hydrogen-bond acceptors (Lipinski definition) is 5. The summed E-state index contributed by atoms with van der Waals surface area (Å²) in [5, 5.41) is 9.14. The van der Waals surface area contributed by atoms with Crippen LogP contribution in [0.3, 0.4) is 0 Å². The number of ether oxygens (including phenoxy) is 1. The summed E-state index contributed by atoms with van der Waals surface area (Å²) < 4.78 is 5.29. The molecule has 0 unspecified atom stereocenters. The van der Waals surface area contributed by atoms with Gasteiger partial charge in [0.15, 0.2) is 0 Å². The van der Waals surface area contributed by atoms with Gasteiger partial charge < -0.3 is 21.3 Å². The first kappa shape index (κ1) is 15.9. The molecule has 6 nitrogen and oxygen atoms in total. The highest BCUT2D eigenvalue weighted by molar-refractivity contribution is 6.04. The van der Waals surface area contributed by atoms with Gasteiger partial charge in [-0.3, -0.25) is 0 Å². The molecule has 0 spiro atoms. The predicted molar refractivity (Wildman–Crippen MR) is 70.3 cm³/mol. The van der Waals surface area contributed by atoms with Crippen molar-refractivity contribution in [1.29, 1.82) is 0 Å². The van der Waals surface area contributed by atoms with Crippen LogP contribution in [-0.4, -0.2) is 35.2 Å². The van der Waals surface area contributed by atoms with Crippen molar-refractivity contribution >= 4 is 11.9 Å². The van der Waals surface area contributed by atoms with E-state index in [9.17, 15) is 9.59 Å². The van der Waals surface area contributed by atoms with Gasteiger partial charge in [-0.05, 0) is 44.1 Å². The van der Waals surface area contributed by atoms with E-state index in [4.69, 9.17) is 21.3 Å². The second-order valence-corrected chi connectivity index (χ2v) is 5.61. The maximum absolute atomic E-state index is 12.0. The van der Waals surface area contributed by atoms with Crippen LogP contribution in [0.5, 0.6) is 0 Å². The minimum atomic E-state index is -1.97. The molecule has 1 aliphatic carbocycles. The van der Waals surface area contributed by atoms with E-state index < -0.39 is 23.4 Å². The number of rotatable bonds is 5. The van der Waals surface area contributed by atoms with Gasteiger partial charge in [0.2, 0.25) is 5.54 Å². The van der Waals surface area contributed by atoms with Crippen molar-refractivity contribution in [3.05, 3.63) is 0 Å². The van der Waals surface area contributed by atoms with Gasteiger partial charge in [-0.15, -0.1) is 0 Å². The number of nitrogens with two attached hydrogens (primary N) is 2. The van der Waals surface area contributed by atoms with Crippen LogP contribution in [0.2, 0.25) is 0 Å². The lowest BCUT2D eigenvalue weighted by molar-refractivity contribution is -0.168. The molecule has 1 fully saturated rings. The highest BCUT2D eigenvalue weighted by Gasteiger charge is 2.47. The van der Waals surface area contributed by atoms with Crippen molar-refractivity contribution < 1.29 is 19.4 Å². The lowest BCUT2D eigenvalue weighted by Crippen LogP contribution is -2.60. The largest absolute Gasteiger partial charge is 0.479 e. The Morgan fingerprint density at radius 2 is 1.84 bits per heavy atom. The van der Waals surface area contributed by atoms with Gasteiger partial charge in [0.05, 0.1) is 0 Å². The number of esters is 1. The van der Waals surface area contributed by atoms with E-state index in [1.54, 1.807) is 13.8 Å². The van der Waals surface area contributed by atoms with E-state index >= 15 is 0 Å². The highest BCUT2D eigenvalue weighted by Crippen LogP contribution is 2.27. The van der Waals surface area contributed by atoms with Crippen molar-refractivity contribution in [3.8, 4) is 0 Å². The van der Waals surface area contributed by atoms with Crippen LogP contribution in [-0.2, 0) is 14.3 Å². The Hall–Kier alpha value is -1.14. The fraction of sp³-hybridized carbons (Fsp3) is 0.846. The van der Waals surface area contributed by atoms with E-state index in [2.05, 4.69) is 0 Å². The second-order valence-electron chi connectivity index (χ2n) is 5.61. The highest BCUT2D eigenvalue weighted by atomic mass is 16.5. The zero-order valence-electron chi connectivity index (χ0n) is 11.6. The third kappa shape index (κ3) is 3.45. The van der Waals surface area contributed by atoms with E-state index in [0.717, 1.165) is 25.7 Å². The van der Waals surface area contributed by atoms with Crippen molar-refractivity contribution in [3.63, 3.8) is 0 Å². The van der Waals surface area contributed by atoms with Gasteiger partial charge in [0.1, 0.15) is 6.10 Å². The summed E-state index contributed by atoms with van der Waals surface area (Å²) in [6.07, 6.45) is 3.01. The van der Waals surface area contributed by atoms with Gasteiger partial charge in [0.25, 0.3) is 0 Å². The lowest BCUT2D eigenvalue weighted by atomic mass is 9.86. The average Bonchev–Trinajstić information content (AvgIpc) is 2.37. The Bertz CT molecular complexity index is 338. The summed E-state index contributed by atoms with van der Waals surface area (Å²) in [4.78, 5) is 23.2. The van der Waals surface area contributed by atoms with E-state index in [1.165, 1.54) is 0 Å². The monoisotopic (exact) mass is 272 g/mol. The minimum Gasteiger partial charge on any atom is -0.479 e. The molecule has 0 amide bonds. The van der Waals surface area contributed by atoms with Crippen molar-refractivity contribution in [2.75, 3.05) is 6.54 Å². The van der Waals surface area contributed by atoms with E-state index in [1.807, 2.05) is 0 Å². The molecule has 0 saturated heterocycles. The molecular weight excluding hydrogens is 248 g/mol. The zero-order valence-corrected chi connectivity index (χ0v) is 11.6. The molecule has 1 aliphatic rings. The first-order valence-corrected chi connectivity index (χ1v) is 6.75. The standard InChI is InChI=1S/C13H24N2O4/c1-8(2)13(15,11(16)17)12(18)19-10-5-3-9(7-14)4-6-10/h8-10H,3-7,14-15H2,1-2H3,(H,16,17)/t9?,10?,13-/m1/s1. The Balaban J connectivity index is 2.62. The second kappa shape index (κ2) is 6.34. The first-order chi connectivity index (χ1) is 8.82. The molecular formula is C13H24N2O4. The quantitative estimate of drug-likeness (QED) is 0.495. The number of aliphatic carboxylic acids is 1. The van der Waals surface area contributed by atoms with Crippen LogP contribution >= 0.6 is 0 Å². The number of carbonyl (C=O) groups is 2. The third-order valence-corrected chi connectivity index (χ3v) is 4.00. The minimum absolute atomic E-state index is 0.240. The Morgan fingerprint density at radius 3 is 2.21 bits per heavy atom. The van der Waals surface area contributed by atoms with Crippen LogP contribution in [0.25, 0.3) is 0 Å². The van der Waals surface area contributed by atoms with E-state index in [0.29, 0.717) is 12.5 Å². The van der Waals surface area contributed by atoms with Gasteiger partial charge in [-0.25, -0.2) is 9.59 Å². The molecule has 6 heteroatoms. The SMILES string of the molecule is CC(C)[C@@](N)(C(=O)O)C(=O)OC1CCC(CN)CC1. The lowest BCUT2D eigenvalue weighted by Gasteiger charge is -2.32.